The molecule has 0 aliphatic heterocycles. The summed E-state index contributed by atoms with van der Waals surface area (Å²) in [6.07, 6.45) is 8.70. The molecule has 0 radical (unpaired) electrons. The highest BCUT2D eigenvalue weighted by Crippen LogP contribution is 2.38. The number of rotatable bonds is 8. The van der Waals surface area contributed by atoms with E-state index in [9.17, 15) is 9.59 Å². The minimum Gasteiger partial charge on any atom is -0.462 e. The summed E-state index contributed by atoms with van der Waals surface area (Å²) < 4.78 is 10.8. The molecule has 1 amide bonds. The van der Waals surface area contributed by atoms with Crippen molar-refractivity contribution >= 4 is 63.5 Å². The number of aromatic nitrogens is 2. The smallest absolute Gasteiger partial charge is 0.341 e. The molecule has 3 aromatic rings. The van der Waals surface area contributed by atoms with Gasteiger partial charge in [0, 0.05) is 15.8 Å². The highest BCUT2D eigenvalue weighted by molar-refractivity contribution is 7.99. The van der Waals surface area contributed by atoms with Crippen LogP contribution >= 0.6 is 34.4 Å². The molecule has 0 atom stereocenters. The molecule has 10 heteroatoms. The van der Waals surface area contributed by atoms with E-state index in [1.165, 1.54) is 16.2 Å². The number of aryl methyl sites for hydroxylation is 1. The molecule has 7 nitrogen and oxygen atoms in total. The van der Waals surface area contributed by atoms with Crippen molar-refractivity contribution in [2.75, 3.05) is 17.7 Å². The number of anilines is 1. The Labute approximate surface area is 198 Å². The first-order valence-electron chi connectivity index (χ1n) is 10.4. The van der Waals surface area contributed by atoms with Crippen LogP contribution in [0.3, 0.4) is 0 Å². The van der Waals surface area contributed by atoms with Gasteiger partial charge in [-0.05, 0) is 55.7 Å². The number of esters is 1. The second-order valence-electron chi connectivity index (χ2n) is 7.08. The van der Waals surface area contributed by atoms with Gasteiger partial charge in [0.1, 0.15) is 5.00 Å². The molecule has 0 saturated heterocycles. The van der Waals surface area contributed by atoms with E-state index in [0.29, 0.717) is 28.3 Å². The Balaban J connectivity index is 1.39. The molecule has 0 bridgehead atoms. The summed E-state index contributed by atoms with van der Waals surface area (Å²) >= 11 is 4.26. The third-order valence-electron chi connectivity index (χ3n) is 4.84. The number of thioether (sulfide) groups is 1. The zero-order valence-corrected chi connectivity index (χ0v) is 20.0. The Kier molecular flexibility index (Phi) is 7.77. The van der Waals surface area contributed by atoms with Gasteiger partial charge in [0.25, 0.3) is 5.22 Å². The van der Waals surface area contributed by atoms with Gasteiger partial charge < -0.3 is 14.5 Å². The average Bonchev–Trinajstić information content (AvgIpc) is 3.49. The Bertz CT molecular complexity index is 1100. The number of ether oxygens (including phenoxy) is 1. The average molecular weight is 490 g/mol. The van der Waals surface area contributed by atoms with E-state index in [-0.39, 0.29) is 17.6 Å². The molecule has 0 aromatic carbocycles. The van der Waals surface area contributed by atoms with Crippen LogP contribution in [0.5, 0.6) is 0 Å². The van der Waals surface area contributed by atoms with Gasteiger partial charge in [-0.15, -0.1) is 32.9 Å². The van der Waals surface area contributed by atoms with Crippen molar-refractivity contribution in [1.82, 2.24) is 10.2 Å². The first-order valence-corrected chi connectivity index (χ1v) is 13.1. The molecular formula is C22H23N3O4S3. The van der Waals surface area contributed by atoms with Gasteiger partial charge in [0.15, 0.2) is 0 Å². The summed E-state index contributed by atoms with van der Waals surface area (Å²) in [5.41, 5.74) is 1.55. The topological polar surface area (TPSA) is 94.3 Å². The number of nitrogens with zero attached hydrogens (tertiary/aromatic N) is 2. The first-order chi connectivity index (χ1) is 15.6. The molecule has 3 heterocycles. The van der Waals surface area contributed by atoms with Gasteiger partial charge in [-0.2, -0.15) is 0 Å². The number of fused-ring (bicyclic) bond motifs is 1. The van der Waals surface area contributed by atoms with Crippen LogP contribution in [-0.2, 0) is 22.4 Å². The van der Waals surface area contributed by atoms with Gasteiger partial charge in [0.2, 0.25) is 11.8 Å². The summed E-state index contributed by atoms with van der Waals surface area (Å²) in [5, 5.41) is 13.7. The largest absolute Gasteiger partial charge is 0.462 e. The number of amides is 1. The number of carbonyl (C=O) groups excluding carboxylic acids is 2. The highest BCUT2D eigenvalue weighted by atomic mass is 32.2. The summed E-state index contributed by atoms with van der Waals surface area (Å²) in [6.45, 7) is 2.08. The van der Waals surface area contributed by atoms with Crippen LogP contribution in [0.25, 0.3) is 12.2 Å². The zero-order valence-electron chi connectivity index (χ0n) is 17.6. The maximum absolute atomic E-state index is 12.6. The minimum absolute atomic E-state index is 0.0983. The van der Waals surface area contributed by atoms with Gasteiger partial charge in [-0.25, -0.2) is 4.79 Å². The molecule has 168 valence electrons. The lowest BCUT2D eigenvalue weighted by molar-refractivity contribution is -0.113. The molecule has 3 aromatic heterocycles. The fourth-order valence-corrected chi connectivity index (χ4v) is 5.91. The monoisotopic (exact) mass is 489 g/mol. The Morgan fingerprint density at radius 3 is 2.94 bits per heavy atom. The lowest BCUT2D eigenvalue weighted by atomic mass is 10.1. The molecule has 32 heavy (non-hydrogen) atoms. The summed E-state index contributed by atoms with van der Waals surface area (Å²) in [7, 11) is 0. The van der Waals surface area contributed by atoms with E-state index < -0.39 is 0 Å². The quantitative estimate of drug-likeness (QED) is 0.252. The summed E-state index contributed by atoms with van der Waals surface area (Å²) in [6, 6.07) is 3.96. The van der Waals surface area contributed by atoms with Crippen molar-refractivity contribution in [2.24, 2.45) is 0 Å². The van der Waals surface area contributed by atoms with Crippen LogP contribution in [0.15, 0.2) is 27.2 Å². The number of carbonyl (C=O) groups is 2. The Morgan fingerprint density at radius 2 is 2.12 bits per heavy atom. The minimum atomic E-state index is -0.367. The molecule has 1 aliphatic rings. The summed E-state index contributed by atoms with van der Waals surface area (Å²) in [4.78, 5) is 27.5. The fourth-order valence-electron chi connectivity index (χ4n) is 3.43. The molecular weight excluding hydrogens is 466 g/mol. The van der Waals surface area contributed by atoms with Crippen molar-refractivity contribution in [3.63, 3.8) is 0 Å². The molecule has 0 spiro atoms. The maximum Gasteiger partial charge on any atom is 0.341 e. The Hall–Kier alpha value is -2.43. The van der Waals surface area contributed by atoms with E-state index >= 15 is 0 Å². The van der Waals surface area contributed by atoms with Crippen LogP contribution in [0.2, 0.25) is 0 Å². The highest BCUT2D eigenvalue weighted by Gasteiger charge is 2.26. The van der Waals surface area contributed by atoms with Gasteiger partial charge >= 0.3 is 5.97 Å². The number of thiophene rings is 2. The first kappa shape index (κ1) is 22.8. The maximum atomic E-state index is 12.6. The van der Waals surface area contributed by atoms with Gasteiger partial charge in [-0.1, -0.05) is 24.2 Å². The van der Waals surface area contributed by atoms with Crippen LogP contribution in [0.1, 0.15) is 57.8 Å². The van der Waals surface area contributed by atoms with Crippen LogP contribution in [-0.4, -0.2) is 34.4 Å². The van der Waals surface area contributed by atoms with Crippen molar-refractivity contribution in [1.29, 1.82) is 0 Å². The molecule has 1 aliphatic carbocycles. The molecule has 0 fully saturated rings. The van der Waals surface area contributed by atoms with E-state index in [4.69, 9.17) is 9.15 Å². The van der Waals surface area contributed by atoms with Crippen molar-refractivity contribution in [2.45, 2.75) is 44.3 Å². The molecule has 0 saturated carbocycles. The van der Waals surface area contributed by atoms with E-state index in [0.717, 1.165) is 54.3 Å². The van der Waals surface area contributed by atoms with Gasteiger partial charge in [0.05, 0.1) is 17.9 Å². The van der Waals surface area contributed by atoms with Crippen LogP contribution < -0.4 is 5.32 Å². The van der Waals surface area contributed by atoms with Crippen molar-refractivity contribution < 1.29 is 18.7 Å². The lowest BCUT2D eigenvalue weighted by Gasteiger charge is -2.08. The third-order valence-corrected chi connectivity index (χ3v) is 7.70. The lowest BCUT2D eigenvalue weighted by Crippen LogP contribution is -2.16. The van der Waals surface area contributed by atoms with E-state index in [2.05, 4.69) is 15.5 Å². The predicted octanol–water partition coefficient (Wildman–Crippen LogP) is 5.54. The molecule has 1 N–H and O–H groups in total. The number of hydrogen-bond donors (Lipinski definition) is 1. The molecule has 0 unspecified atom stereocenters. The van der Waals surface area contributed by atoms with Crippen molar-refractivity contribution in [3.05, 3.63) is 44.3 Å². The van der Waals surface area contributed by atoms with E-state index in [1.807, 2.05) is 23.6 Å². The predicted molar refractivity (Wildman–Crippen MR) is 128 cm³/mol. The standard InChI is InChI=1S/C22H23N3O4S3/c1-2-28-21(27)19-15-8-4-3-5-9-16(15)32-20(19)23-17(26)13-31-22-25-24-18(29-22)11-10-14-7-6-12-30-14/h6-7,10-12H,2-5,8-9,13H2,1H3,(H,23,26). The van der Waals surface area contributed by atoms with Crippen molar-refractivity contribution in [3.8, 4) is 0 Å². The second kappa shape index (κ2) is 10.9. The summed E-state index contributed by atoms with van der Waals surface area (Å²) in [5.74, 6) is -0.117. The fraction of sp³-hybridized carbons (Fsp3) is 0.364. The number of hydrogen-bond acceptors (Lipinski definition) is 9. The third kappa shape index (κ3) is 5.67. The van der Waals surface area contributed by atoms with Gasteiger partial charge in [-0.3, -0.25) is 4.79 Å². The number of nitrogens with one attached hydrogen (secondary N) is 1. The zero-order chi connectivity index (χ0) is 22.3. The second-order valence-corrected chi connectivity index (χ2v) is 10.1. The Morgan fingerprint density at radius 1 is 1.25 bits per heavy atom. The van der Waals surface area contributed by atoms with E-state index in [1.54, 1.807) is 24.3 Å². The normalized spacial score (nSPS) is 13.7. The SMILES string of the molecule is CCOC(=O)c1c(NC(=O)CSc2nnc(C=Cc3cccs3)o2)sc2c1CCCCC2. The molecule has 4 rings (SSSR count). The van der Waals surface area contributed by atoms with Crippen LogP contribution in [0, 0.1) is 0 Å². The van der Waals surface area contributed by atoms with Crippen LogP contribution in [0.4, 0.5) is 5.00 Å².